The summed E-state index contributed by atoms with van der Waals surface area (Å²) in [4.78, 5) is 0. The Kier molecular flexibility index (Phi) is 6.56. The highest BCUT2D eigenvalue weighted by Gasteiger charge is 2.38. The van der Waals surface area contributed by atoms with Gasteiger partial charge in [0, 0.05) is 5.41 Å². The van der Waals surface area contributed by atoms with Crippen LogP contribution in [-0.2, 0) is 5.41 Å². The normalized spacial score (nSPS) is 16.7. The van der Waals surface area contributed by atoms with Gasteiger partial charge in [-0.25, -0.2) is 0 Å². The molecule has 6 aromatic carbocycles. The standard InChI is InChI=1S/C47H42Si2/c1-47(2)41-29-33(17-15-31-21-25-45-39(27-31)37-11-7-9-13-43(37)48(45,3)4)19-23-35(41)36-24-20-34(30-42(36)47)18-16-32-22-26-46-40(28-32)38-12-8-10-14-44(38)49(46,5)6/h7-30H,1-6H3. The molecule has 2 heteroatoms. The largest absolute Gasteiger partial charge is 0.113 e. The van der Waals surface area contributed by atoms with Crippen molar-refractivity contribution in [2.75, 3.05) is 0 Å². The molecule has 0 saturated carbocycles. The van der Waals surface area contributed by atoms with Crippen LogP contribution in [0.25, 0.3) is 57.7 Å². The van der Waals surface area contributed by atoms with E-state index in [2.05, 4.69) is 186 Å². The molecule has 9 rings (SSSR count). The zero-order valence-electron chi connectivity index (χ0n) is 29.4. The van der Waals surface area contributed by atoms with Gasteiger partial charge >= 0.3 is 0 Å². The molecule has 3 aliphatic rings. The van der Waals surface area contributed by atoms with Crippen molar-refractivity contribution in [1.29, 1.82) is 0 Å². The van der Waals surface area contributed by atoms with Crippen LogP contribution >= 0.6 is 0 Å². The van der Waals surface area contributed by atoms with Crippen molar-refractivity contribution in [1.82, 2.24) is 0 Å². The summed E-state index contributed by atoms with van der Waals surface area (Å²) in [5, 5.41) is 6.23. The van der Waals surface area contributed by atoms with Crippen LogP contribution < -0.4 is 20.7 Å². The Hall–Kier alpha value is -4.77. The van der Waals surface area contributed by atoms with Gasteiger partial charge in [-0.05, 0) is 99.6 Å². The predicted molar refractivity (Wildman–Crippen MR) is 219 cm³/mol. The third kappa shape index (κ3) is 4.54. The van der Waals surface area contributed by atoms with Gasteiger partial charge in [0.05, 0.1) is 0 Å². The van der Waals surface area contributed by atoms with Crippen molar-refractivity contribution < 1.29 is 0 Å². The van der Waals surface area contributed by atoms with E-state index >= 15 is 0 Å². The van der Waals surface area contributed by atoms with Gasteiger partial charge in [0.25, 0.3) is 0 Å². The minimum absolute atomic E-state index is 0.0701. The van der Waals surface area contributed by atoms with Gasteiger partial charge < -0.3 is 0 Å². The summed E-state index contributed by atoms with van der Waals surface area (Å²) >= 11 is 0. The van der Waals surface area contributed by atoms with E-state index in [1.54, 1.807) is 20.7 Å². The third-order valence-electron chi connectivity index (χ3n) is 11.9. The fraction of sp³-hybridized carbons (Fsp3) is 0.149. The summed E-state index contributed by atoms with van der Waals surface area (Å²) < 4.78 is 0. The minimum Gasteiger partial charge on any atom is -0.0623 e. The minimum atomic E-state index is -1.62. The van der Waals surface area contributed by atoms with Crippen molar-refractivity contribution in [3.63, 3.8) is 0 Å². The SMILES string of the molecule is CC1(C)c2cc(C=Cc3ccc4c(c3)-c3ccccc3[Si]4(C)C)ccc2-c2ccc(C=Cc3ccc4c(c3)-c3ccccc3[Si]4(C)C)cc21. The van der Waals surface area contributed by atoms with Crippen LogP contribution in [0.2, 0.25) is 26.2 Å². The molecule has 2 aliphatic heterocycles. The second-order valence-electron chi connectivity index (χ2n) is 15.9. The maximum Gasteiger partial charge on any atom is 0.113 e. The second-order valence-corrected chi connectivity index (χ2v) is 24.5. The Morgan fingerprint density at radius 3 is 1.14 bits per heavy atom. The van der Waals surface area contributed by atoms with E-state index < -0.39 is 16.1 Å². The van der Waals surface area contributed by atoms with Gasteiger partial charge in [-0.3, -0.25) is 0 Å². The molecule has 0 unspecified atom stereocenters. The summed E-state index contributed by atoms with van der Waals surface area (Å²) in [7, 11) is -3.25. The molecule has 0 spiro atoms. The molecule has 0 saturated heterocycles. The molecule has 238 valence electrons. The number of rotatable bonds is 4. The lowest BCUT2D eigenvalue weighted by atomic mass is 9.81. The summed E-state index contributed by atoms with van der Waals surface area (Å²) in [6.07, 6.45) is 9.15. The molecule has 0 bridgehead atoms. The van der Waals surface area contributed by atoms with Crippen LogP contribution in [0, 0.1) is 0 Å². The highest BCUT2D eigenvalue weighted by atomic mass is 28.3. The van der Waals surface area contributed by atoms with E-state index in [-0.39, 0.29) is 5.41 Å². The van der Waals surface area contributed by atoms with E-state index in [0.717, 1.165) is 0 Å². The molecular weight excluding hydrogens is 621 g/mol. The van der Waals surface area contributed by atoms with Crippen molar-refractivity contribution in [2.24, 2.45) is 0 Å². The summed E-state index contributed by atoms with van der Waals surface area (Å²) in [6, 6.07) is 46.3. The van der Waals surface area contributed by atoms with Crippen LogP contribution in [0.3, 0.4) is 0 Å². The average molecular weight is 663 g/mol. The fourth-order valence-electron chi connectivity index (χ4n) is 9.05. The van der Waals surface area contributed by atoms with Gasteiger partial charge in [0.1, 0.15) is 16.1 Å². The smallest absolute Gasteiger partial charge is 0.0623 e. The van der Waals surface area contributed by atoms with Gasteiger partial charge in [-0.15, -0.1) is 0 Å². The molecule has 2 heterocycles. The van der Waals surface area contributed by atoms with Crippen LogP contribution in [0.1, 0.15) is 47.2 Å². The molecule has 0 radical (unpaired) electrons. The highest BCUT2D eigenvalue weighted by Crippen LogP contribution is 2.49. The van der Waals surface area contributed by atoms with Crippen molar-refractivity contribution >= 4 is 61.2 Å². The Balaban J connectivity index is 0.985. The first-order chi connectivity index (χ1) is 23.5. The quantitative estimate of drug-likeness (QED) is 0.130. The number of hydrogen-bond acceptors (Lipinski definition) is 0. The molecule has 0 fully saturated rings. The van der Waals surface area contributed by atoms with E-state index in [0.29, 0.717) is 0 Å². The number of fused-ring (bicyclic) bond motifs is 9. The van der Waals surface area contributed by atoms with Crippen LogP contribution in [0.15, 0.2) is 121 Å². The zero-order valence-corrected chi connectivity index (χ0v) is 31.4. The molecule has 0 amide bonds. The number of hydrogen-bond donors (Lipinski definition) is 0. The van der Waals surface area contributed by atoms with Gasteiger partial charge in [-0.1, -0.05) is 174 Å². The first-order valence-corrected chi connectivity index (χ1v) is 23.7. The zero-order chi connectivity index (χ0) is 33.7. The van der Waals surface area contributed by atoms with Gasteiger partial charge in [0.2, 0.25) is 0 Å². The van der Waals surface area contributed by atoms with Crippen LogP contribution in [-0.4, -0.2) is 16.1 Å². The molecule has 0 aromatic heterocycles. The van der Waals surface area contributed by atoms with Gasteiger partial charge in [-0.2, -0.15) is 0 Å². The molecule has 0 atom stereocenters. The van der Waals surface area contributed by atoms with E-state index in [1.807, 2.05) is 0 Å². The van der Waals surface area contributed by atoms with Crippen molar-refractivity contribution in [2.45, 2.75) is 45.5 Å². The van der Waals surface area contributed by atoms with Crippen LogP contribution in [0.5, 0.6) is 0 Å². The summed E-state index contributed by atoms with van der Waals surface area (Å²) in [5.74, 6) is 0. The molecule has 1 aliphatic carbocycles. The van der Waals surface area contributed by atoms with Crippen molar-refractivity contribution in [3.8, 4) is 33.4 Å². The molecule has 6 aromatic rings. The Morgan fingerprint density at radius 1 is 0.367 bits per heavy atom. The Labute approximate surface area is 293 Å². The highest BCUT2D eigenvalue weighted by molar-refractivity contribution is 7.04. The molecule has 49 heavy (non-hydrogen) atoms. The first-order valence-electron chi connectivity index (χ1n) is 17.7. The van der Waals surface area contributed by atoms with Crippen molar-refractivity contribution in [3.05, 3.63) is 155 Å². The van der Waals surface area contributed by atoms with Gasteiger partial charge in [0.15, 0.2) is 0 Å². The molecule has 0 nitrogen and oxygen atoms in total. The topological polar surface area (TPSA) is 0 Å². The fourth-order valence-corrected chi connectivity index (χ4v) is 15.2. The monoisotopic (exact) mass is 662 g/mol. The average Bonchev–Trinajstić information content (AvgIpc) is 3.59. The number of benzene rings is 6. The maximum atomic E-state index is 2.48. The lowest BCUT2D eigenvalue weighted by molar-refractivity contribution is 0.660. The predicted octanol–water partition coefficient (Wildman–Crippen LogP) is 9.94. The summed E-state index contributed by atoms with van der Waals surface area (Å²) in [6.45, 7) is 14.7. The lowest BCUT2D eigenvalue weighted by Gasteiger charge is -2.22. The Bertz CT molecular complexity index is 2250. The molecular formula is C47H42Si2. The Morgan fingerprint density at radius 2 is 0.714 bits per heavy atom. The second kappa shape index (κ2) is 10.6. The van der Waals surface area contributed by atoms with E-state index in [4.69, 9.17) is 0 Å². The first kappa shape index (κ1) is 30.3. The molecule has 0 N–H and O–H groups in total. The lowest BCUT2D eigenvalue weighted by Crippen LogP contribution is -2.49. The van der Waals surface area contributed by atoms with Crippen LogP contribution in [0.4, 0.5) is 0 Å². The van der Waals surface area contributed by atoms with E-state index in [9.17, 15) is 0 Å². The summed E-state index contributed by atoms with van der Waals surface area (Å²) in [5.41, 5.74) is 16.2. The maximum absolute atomic E-state index is 2.48. The van der Waals surface area contributed by atoms with E-state index in [1.165, 1.54) is 66.8 Å². The third-order valence-corrected chi connectivity index (χ3v) is 19.0.